The number of aliphatic hydroxyl groups is 1. The first-order valence-corrected chi connectivity index (χ1v) is 6.75. The molecule has 7 nitrogen and oxygen atoms in total. The highest BCUT2D eigenvalue weighted by atomic mass is 19.1. The lowest BCUT2D eigenvalue weighted by Gasteiger charge is -2.17. The van der Waals surface area contributed by atoms with Gasteiger partial charge in [-0.2, -0.15) is 5.26 Å². The Hall–Kier alpha value is -2.92. The molecule has 1 heterocycles. The fourth-order valence-corrected chi connectivity index (χ4v) is 2.20. The van der Waals surface area contributed by atoms with E-state index in [1.165, 1.54) is 32.3 Å². The van der Waals surface area contributed by atoms with E-state index >= 15 is 0 Å². The van der Waals surface area contributed by atoms with Gasteiger partial charge < -0.3 is 10.4 Å². The Kier molecular flexibility index (Phi) is 4.62. The minimum absolute atomic E-state index is 0.0176. The van der Waals surface area contributed by atoms with E-state index in [9.17, 15) is 19.1 Å². The second-order valence-electron chi connectivity index (χ2n) is 4.96. The molecule has 23 heavy (non-hydrogen) atoms. The Bertz CT molecular complexity index is 895. The van der Waals surface area contributed by atoms with Crippen LogP contribution in [0.2, 0.25) is 0 Å². The average molecular weight is 318 g/mol. The molecular weight excluding hydrogens is 303 g/mol. The summed E-state index contributed by atoms with van der Waals surface area (Å²) in [5.41, 5.74) is -1.53. The van der Waals surface area contributed by atoms with E-state index in [-0.39, 0.29) is 23.5 Å². The summed E-state index contributed by atoms with van der Waals surface area (Å²) < 4.78 is 15.5. The van der Waals surface area contributed by atoms with Gasteiger partial charge in [-0.05, 0) is 6.07 Å². The summed E-state index contributed by atoms with van der Waals surface area (Å²) in [5.74, 6) is -0.587. The molecule has 0 saturated carbocycles. The summed E-state index contributed by atoms with van der Waals surface area (Å²) in [6, 6.07) is 7.46. The first-order valence-electron chi connectivity index (χ1n) is 6.75. The Labute approximate surface area is 130 Å². The van der Waals surface area contributed by atoms with Crippen LogP contribution in [0.1, 0.15) is 17.2 Å². The molecule has 1 unspecified atom stereocenters. The van der Waals surface area contributed by atoms with Gasteiger partial charge in [0.05, 0.1) is 6.10 Å². The molecule has 0 aliphatic heterocycles. The number of benzene rings is 1. The van der Waals surface area contributed by atoms with Crippen LogP contribution < -0.4 is 16.6 Å². The standard InChI is InChI=1S/C15H15FN4O3/c1-19-13(10(7-17)14(22)20(2)15(19)23)18-8-12(21)9-5-3-4-6-11(9)16/h3-6,12,18,21H,8H2,1-2H3. The number of aromatic nitrogens is 2. The number of hydrogen-bond donors (Lipinski definition) is 2. The SMILES string of the molecule is Cn1c(NCC(O)c2ccccc2F)c(C#N)c(=O)n(C)c1=O. The molecule has 1 atom stereocenters. The van der Waals surface area contributed by atoms with Crippen molar-refractivity contribution in [2.75, 3.05) is 11.9 Å². The predicted molar refractivity (Wildman–Crippen MR) is 81.5 cm³/mol. The summed E-state index contributed by atoms with van der Waals surface area (Å²) in [4.78, 5) is 23.8. The molecule has 0 radical (unpaired) electrons. The van der Waals surface area contributed by atoms with Crippen molar-refractivity contribution in [3.05, 3.63) is 62.0 Å². The molecule has 120 valence electrons. The molecule has 1 aromatic carbocycles. The smallest absolute Gasteiger partial charge is 0.332 e. The number of nitrogens with zero attached hydrogens (tertiary/aromatic N) is 3. The van der Waals surface area contributed by atoms with Crippen LogP contribution in [0.4, 0.5) is 10.2 Å². The molecule has 0 fully saturated rings. The molecule has 0 amide bonds. The van der Waals surface area contributed by atoms with Crippen molar-refractivity contribution in [2.45, 2.75) is 6.10 Å². The topological polar surface area (TPSA) is 100 Å². The quantitative estimate of drug-likeness (QED) is 0.841. The van der Waals surface area contributed by atoms with Crippen LogP contribution in [0.5, 0.6) is 0 Å². The zero-order valence-electron chi connectivity index (χ0n) is 12.6. The minimum Gasteiger partial charge on any atom is -0.386 e. The van der Waals surface area contributed by atoms with Crippen molar-refractivity contribution in [1.29, 1.82) is 5.26 Å². The number of rotatable bonds is 4. The molecule has 2 aromatic rings. The van der Waals surface area contributed by atoms with Crippen LogP contribution in [0, 0.1) is 17.1 Å². The van der Waals surface area contributed by atoms with Crippen LogP contribution in [0.15, 0.2) is 33.9 Å². The Morgan fingerprint density at radius 1 is 1.30 bits per heavy atom. The highest BCUT2D eigenvalue weighted by molar-refractivity contribution is 5.51. The molecule has 0 aliphatic carbocycles. The Morgan fingerprint density at radius 2 is 1.96 bits per heavy atom. The van der Waals surface area contributed by atoms with Gasteiger partial charge in [0.15, 0.2) is 5.56 Å². The van der Waals surface area contributed by atoms with E-state index in [1.807, 2.05) is 0 Å². The third kappa shape index (κ3) is 3.00. The molecule has 2 rings (SSSR count). The number of hydrogen-bond acceptors (Lipinski definition) is 5. The highest BCUT2D eigenvalue weighted by Crippen LogP contribution is 2.17. The second kappa shape index (κ2) is 6.46. The number of anilines is 1. The number of aliphatic hydroxyl groups excluding tert-OH is 1. The summed E-state index contributed by atoms with van der Waals surface area (Å²) >= 11 is 0. The van der Waals surface area contributed by atoms with Gasteiger partial charge in [0.1, 0.15) is 17.7 Å². The van der Waals surface area contributed by atoms with Gasteiger partial charge in [-0.25, -0.2) is 9.18 Å². The molecule has 0 bridgehead atoms. The molecule has 0 saturated heterocycles. The van der Waals surface area contributed by atoms with E-state index in [2.05, 4.69) is 5.32 Å². The fraction of sp³-hybridized carbons (Fsp3) is 0.267. The Balaban J connectivity index is 2.35. The summed E-state index contributed by atoms with van der Waals surface area (Å²) in [7, 11) is 2.66. The summed E-state index contributed by atoms with van der Waals surface area (Å²) in [5, 5.41) is 21.9. The van der Waals surface area contributed by atoms with Gasteiger partial charge in [0.2, 0.25) is 0 Å². The van der Waals surface area contributed by atoms with Crippen LogP contribution >= 0.6 is 0 Å². The third-order valence-corrected chi connectivity index (χ3v) is 3.50. The van der Waals surface area contributed by atoms with Crippen LogP contribution in [-0.2, 0) is 14.1 Å². The van der Waals surface area contributed by atoms with E-state index in [0.29, 0.717) is 0 Å². The normalized spacial score (nSPS) is 11.8. The lowest BCUT2D eigenvalue weighted by Crippen LogP contribution is -2.40. The third-order valence-electron chi connectivity index (χ3n) is 3.50. The van der Waals surface area contributed by atoms with Gasteiger partial charge in [-0.1, -0.05) is 18.2 Å². The minimum atomic E-state index is -1.21. The predicted octanol–water partition coefficient (Wildman–Crippen LogP) is 0.240. The largest absolute Gasteiger partial charge is 0.386 e. The first kappa shape index (κ1) is 16.5. The molecular formula is C15H15FN4O3. The molecule has 1 aromatic heterocycles. The summed E-state index contributed by atoms with van der Waals surface area (Å²) in [6.45, 7) is -0.171. The second-order valence-corrected chi connectivity index (χ2v) is 4.96. The molecule has 2 N–H and O–H groups in total. The van der Waals surface area contributed by atoms with Gasteiger partial charge >= 0.3 is 5.69 Å². The monoisotopic (exact) mass is 318 g/mol. The number of nitrogens with one attached hydrogen (secondary N) is 1. The maximum absolute atomic E-state index is 13.6. The average Bonchev–Trinajstić information content (AvgIpc) is 2.55. The lowest BCUT2D eigenvalue weighted by molar-refractivity contribution is 0.186. The van der Waals surface area contributed by atoms with Crippen molar-refractivity contribution in [2.24, 2.45) is 14.1 Å². The van der Waals surface area contributed by atoms with Crippen LogP contribution in [0.25, 0.3) is 0 Å². The zero-order chi connectivity index (χ0) is 17.1. The molecule has 0 aliphatic rings. The van der Waals surface area contributed by atoms with Gasteiger partial charge in [-0.15, -0.1) is 0 Å². The van der Waals surface area contributed by atoms with Gasteiger partial charge in [-0.3, -0.25) is 13.9 Å². The maximum Gasteiger partial charge on any atom is 0.332 e. The maximum atomic E-state index is 13.6. The van der Waals surface area contributed by atoms with E-state index < -0.39 is 23.2 Å². The Morgan fingerprint density at radius 3 is 2.57 bits per heavy atom. The molecule has 0 spiro atoms. The fourth-order valence-electron chi connectivity index (χ4n) is 2.20. The lowest BCUT2D eigenvalue weighted by atomic mass is 10.1. The van der Waals surface area contributed by atoms with Crippen LogP contribution in [0.3, 0.4) is 0 Å². The van der Waals surface area contributed by atoms with E-state index in [1.54, 1.807) is 12.1 Å². The highest BCUT2D eigenvalue weighted by Gasteiger charge is 2.17. The van der Waals surface area contributed by atoms with Crippen molar-refractivity contribution in [3.63, 3.8) is 0 Å². The van der Waals surface area contributed by atoms with Crippen molar-refractivity contribution >= 4 is 5.82 Å². The van der Waals surface area contributed by atoms with E-state index in [0.717, 1.165) is 9.13 Å². The van der Waals surface area contributed by atoms with Crippen molar-refractivity contribution < 1.29 is 9.50 Å². The number of nitriles is 1. The first-order chi connectivity index (χ1) is 10.9. The van der Waals surface area contributed by atoms with Crippen molar-refractivity contribution in [3.8, 4) is 6.07 Å². The zero-order valence-corrected chi connectivity index (χ0v) is 12.6. The van der Waals surface area contributed by atoms with E-state index in [4.69, 9.17) is 5.26 Å². The number of halogens is 1. The molecule has 8 heteroatoms. The van der Waals surface area contributed by atoms with Gasteiger partial charge in [0.25, 0.3) is 5.56 Å². The summed E-state index contributed by atoms with van der Waals surface area (Å²) in [6.07, 6.45) is -1.21. The van der Waals surface area contributed by atoms with Crippen LogP contribution in [-0.4, -0.2) is 20.8 Å². The van der Waals surface area contributed by atoms with Gasteiger partial charge in [0, 0.05) is 26.2 Å². The van der Waals surface area contributed by atoms with Crippen molar-refractivity contribution in [1.82, 2.24) is 9.13 Å².